The molecule has 0 aliphatic heterocycles. The summed E-state index contributed by atoms with van der Waals surface area (Å²) >= 11 is 0. The number of ether oxygens (including phenoxy) is 1. The van der Waals surface area contributed by atoms with Crippen molar-refractivity contribution in [2.24, 2.45) is 0 Å². The fourth-order valence-corrected chi connectivity index (χ4v) is 2.21. The van der Waals surface area contributed by atoms with Crippen LogP contribution < -0.4 is 28.7 Å². The number of quaternary nitrogens is 1. The van der Waals surface area contributed by atoms with E-state index in [4.69, 9.17) is 4.74 Å². The molecule has 0 radical (unpaired) electrons. The summed E-state index contributed by atoms with van der Waals surface area (Å²) in [7, 11) is 0. The Labute approximate surface area is 129 Å². The van der Waals surface area contributed by atoms with Crippen molar-refractivity contribution in [3.05, 3.63) is 29.8 Å². The molecular weight excluding hydrogens is 337 g/mol. The van der Waals surface area contributed by atoms with Gasteiger partial charge in [-0.3, -0.25) is 0 Å². The van der Waals surface area contributed by atoms with Crippen LogP contribution in [-0.2, 0) is 0 Å². The average molecular weight is 363 g/mol. The molecule has 1 aromatic rings. The molecule has 104 valence electrons. The molecule has 2 nitrogen and oxygen atoms in total. The quantitative estimate of drug-likeness (QED) is 0.499. The first-order chi connectivity index (χ1) is 8.15. The van der Waals surface area contributed by atoms with E-state index in [1.165, 1.54) is 25.2 Å². The van der Waals surface area contributed by atoms with Gasteiger partial charge in [-0.05, 0) is 45.4 Å². The van der Waals surface area contributed by atoms with Crippen molar-refractivity contribution in [3.63, 3.8) is 0 Å². The number of nitrogens with zero attached hydrogens (tertiary/aromatic N) is 1. The predicted molar refractivity (Wildman–Crippen MR) is 73.4 cm³/mol. The fraction of sp³-hybridized carbons (Fsp3) is 0.600. The Hall–Kier alpha value is -0.290. The lowest BCUT2D eigenvalue weighted by atomic mass is 10.2. The highest BCUT2D eigenvalue weighted by molar-refractivity contribution is 5.27. The van der Waals surface area contributed by atoms with Crippen LogP contribution in [0, 0.1) is 6.92 Å². The van der Waals surface area contributed by atoms with Gasteiger partial charge in [0.1, 0.15) is 18.9 Å². The van der Waals surface area contributed by atoms with Crippen molar-refractivity contribution >= 4 is 0 Å². The first-order valence-electron chi connectivity index (χ1n) is 6.70. The molecule has 0 N–H and O–H groups in total. The Morgan fingerprint density at radius 1 is 1.06 bits per heavy atom. The summed E-state index contributed by atoms with van der Waals surface area (Å²) in [5.41, 5.74) is 1.25. The lowest BCUT2D eigenvalue weighted by Gasteiger charge is -2.35. The highest BCUT2D eigenvalue weighted by atomic mass is 127. The molecule has 3 heteroatoms. The van der Waals surface area contributed by atoms with Crippen LogP contribution in [0.1, 0.15) is 26.3 Å². The second kappa shape index (κ2) is 8.75. The largest absolute Gasteiger partial charge is 1.00 e. The molecule has 0 bridgehead atoms. The first-order valence-corrected chi connectivity index (χ1v) is 6.70. The molecule has 0 amide bonds. The Bertz CT molecular complexity index is 329. The summed E-state index contributed by atoms with van der Waals surface area (Å²) in [4.78, 5) is 0. The topological polar surface area (TPSA) is 9.23 Å². The van der Waals surface area contributed by atoms with Gasteiger partial charge >= 0.3 is 0 Å². The van der Waals surface area contributed by atoms with Crippen molar-refractivity contribution < 1.29 is 33.2 Å². The van der Waals surface area contributed by atoms with Crippen LogP contribution in [-0.4, -0.2) is 37.3 Å². The van der Waals surface area contributed by atoms with Gasteiger partial charge in [0.05, 0.1) is 19.6 Å². The second-order valence-electron chi connectivity index (χ2n) is 4.68. The summed E-state index contributed by atoms with van der Waals surface area (Å²) in [6.07, 6.45) is 0. The van der Waals surface area contributed by atoms with Gasteiger partial charge in [0.25, 0.3) is 0 Å². The summed E-state index contributed by atoms with van der Waals surface area (Å²) in [5.74, 6) is 0.992. The fourth-order valence-electron chi connectivity index (χ4n) is 2.21. The van der Waals surface area contributed by atoms with Crippen molar-refractivity contribution in [1.82, 2.24) is 0 Å². The van der Waals surface area contributed by atoms with Crippen molar-refractivity contribution in [2.75, 3.05) is 32.8 Å². The summed E-state index contributed by atoms with van der Waals surface area (Å²) < 4.78 is 6.98. The van der Waals surface area contributed by atoms with Gasteiger partial charge in [0.15, 0.2) is 0 Å². The zero-order chi connectivity index (χ0) is 12.7. The Kier molecular flexibility index (Phi) is 8.61. The van der Waals surface area contributed by atoms with Gasteiger partial charge in [0.2, 0.25) is 0 Å². The van der Waals surface area contributed by atoms with Gasteiger partial charge in [0, 0.05) is 0 Å². The third kappa shape index (κ3) is 5.14. The molecule has 0 fully saturated rings. The number of aryl methyl sites for hydroxylation is 1. The van der Waals surface area contributed by atoms with Crippen LogP contribution in [0.3, 0.4) is 0 Å². The molecule has 18 heavy (non-hydrogen) atoms. The molecule has 1 rings (SSSR count). The van der Waals surface area contributed by atoms with E-state index in [9.17, 15) is 0 Å². The number of rotatable bonds is 7. The molecule has 0 atom stereocenters. The molecule has 1 aromatic carbocycles. The number of hydrogen-bond donors (Lipinski definition) is 0. The molecular formula is C15H26INO. The molecule has 0 saturated carbocycles. The number of halogens is 1. The van der Waals surface area contributed by atoms with Crippen LogP contribution in [0.4, 0.5) is 0 Å². The number of likely N-dealkylation sites (N-methyl/N-ethyl adjacent to an activating group) is 1. The van der Waals surface area contributed by atoms with E-state index in [-0.39, 0.29) is 24.0 Å². The van der Waals surface area contributed by atoms with Gasteiger partial charge in [-0.1, -0.05) is 12.1 Å². The van der Waals surface area contributed by atoms with Crippen LogP contribution >= 0.6 is 0 Å². The minimum atomic E-state index is 0. The lowest BCUT2D eigenvalue weighted by molar-refractivity contribution is -0.923. The first kappa shape index (κ1) is 17.7. The average Bonchev–Trinajstić information content (AvgIpc) is 2.35. The SMILES string of the molecule is CC[N+](CC)(CC)CCOc1cccc(C)c1.[I-]. The van der Waals surface area contributed by atoms with Crippen LogP contribution in [0.15, 0.2) is 24.3 Å². The van der Waals surface area contributed by atoms with E-state index in [0.29, 0.717) is 0 Å². The highest BCUT2D eigenvalue weighted by Crippen LogP contribution is 2.13. The molecule has 0 unspecified atom stereocenters. The maximum Gasteiger partial charge on any atom is 0.137 e. The smallest absolute Gasteiger partial charge is 0.137 e. The van der Waals surface area contributed by atoms with E-state index in [1.807, 2.05) is 12.1 Å². The van der Waals surface area contributed by atoms with E-state index >= 15 is 0 Å². The lowest BCUT2D eigenvalue weighted by Crippen LogP contribution is -3.00. The van der Waals surface area contributed by atoms with Gasteiger partial charge < -0.3 is 33.2 Å². The van der Waals surface area contributed by atoms with Crippen LogP contribution in [0.25, 0.3) is 0 Å². The Morgan fingerprint density at radius 2 is 1.67 bits per heavy atom. The maximum atomic E-state index is 5.83. The van der Waals surface area contributed by atoms with Crippen LogP contribution in [0.2, 0.25) is 0 Å². The van der Waals surface area contributed by atoms with Crippen molar-refractivity contribution in [1.29, 1.82) is 0 Å². The monoisotopic (exact) mass is 363 g/mol. The molecule has 0 aliphatic rings. The number of hydrogen-bond acceptors (Lipinski definition) is 1. The second-order valence-corrected chi connectivity index (χ2v) is 4.68. The zero-order valence-electron chi connectivity index (χ0n) is 12.1. The van der Waals surface area contributed by atoms with Gasteiger partial charge in [-0.2, -0.15) is 0 Å². The Balaban J connectivity index is 0.00000289. The van der Waals surface area contributed by atoms with Crippen LogP contribution in [0.5, 0.6) is 5.75 Å². The van der Waals surface area contributed by atoms with E-state index in [1.54, 1.807) is 0 Å². The van der Waals surface area contributed by atoms with E-state index < -0.39 is 0 Å². The summed E-state index contributed by atoms with van der Waals surface area (Å²) in [6, 6.07) is 8.27. The molecule has 0 aliphatic carbocycles. The Morgan fingerprint density at radius 3 is 2.17 bits per heavy atom. The minimum Gasteiger partial charge on any atom is -1.00 e. The van der Waals surface area contributed by atoms with Crippen molar-refractivity contribution in [3.8, 4) is 5.75 Å². The maximum absolute atomic E-state index is 5.83. The van der Waals surface area contributed by atoms with E-state index in [2.05, 4.69) is 39.8 Å². The normalized spacial score (nSPS) is 10.9. The molecule has 0 heterocycles. The summed E-state index contributed by atoms with van der Waals surface area (Å²) in [6.45, 7) is 14.3. The summed E-state index contributed by atoms with van der Waals surface area (Å²) in [5, 5.41) is 0. The molecule has 0 aromatic heterocycles. The predicted octanol–water partition coefficient (Wildman–Crippen LogP) is 0.254. The third-order valence-electron chi connectivity index (χ3n) is 3.84. The van der Waals surface area contributed by atoms with Crippen molar-refractivity contribution in [2.45, 2.75) is 27.7 Å². The zero-order valence-corrected chi connectivity index (χ0v) is 14.2. The molecule has 0 spiro atoms. The number of benzene rings is 1. The minimum absolute atomic E-state index is 0. The third-order valence-corrected chi connectivity index (χ3v) is 3.84. The van der Waals surface area contributed by atoms with Gasteiger partial charge in [-0.15, -0.1) is 0 Å². The van der Waals surface area contributed by atoms with Gasteiger partial charge in [-0.25, -0.2) is 0 Å². The highest BCUT2D eigenvalue weighted by Gasteiger charge is 2.20. The molecule has 0 saturated heterocycles. The van der Waals surface area contributed by atoms with E-state index in [0.717, 1.165) is 23.4 Å². The standard InChI is InChI=1S/C15H26NO.HI/c1-5-16(6-2,7-3)11-12-17-15-10-8-9-14(4)13-15;/h8-10,13H,5-7,11-12H2,1-4H3;1H/q+1;/p-1.